The number of rotatable bonds is 12. The highest BCUT2D eigenvalue weighted by Crippen LogP contribution is 2.52. The minimum atomic E-state index is -0.464. The Labute approximate surface area is 209 Å². The third kappa shape index (κ3) is 6.53. The molecule has 5 atom stereocenters. The summed E-state index contributed by atoms with van der Waals surface area (Å²) < 4.78 is 6.35. The smallest absolute Gasteiger partial charge is 0.220 e. The third-order valence-electron chi connectivity index (χ3n) is 7.33. The third-order valence-corrected chi connectivity index (χ3v) is 7.33. The zero-order valence-corrected chi connectivity index (χ0v) is 20.7. The van der Waals surface area contributed by atoms with Gasteiger partial charge in [0.05, 0.1) is 12.2 Å². The Kier molecular flexibility index (Phi) is 9.00. The van der Waals surface area contributed by atoms with Crippen LogP contribution in [-0.2, 0) is 17.8 Å². The number of para-hydroxylation sites is 1. The number of carbonyl (C=O) groups excluding carboxylic acids is 1. The summed E-state index contributed by atoms with van der Waals surface area (Å²) in [7, 11) is 0. The fourth-order valence-corrected chi connectivity index (χ4v) is 5.45. The van der Waals surface area contributed by atoms with Crippen molar-refractivity contribution >= 4 is 5.91 Å². The number of nitrogens with one attached hydrogen (secondary N) is 1. The van der Waals surface area contributed by atoms with Crippen LogP contribution in [0.3, 0.4) is 0 Å². The van der Waals surface area contributed by atoms with Gasteiger partial charge in [0, 0.05) is 36.8 Å². The Morgan fingerprint density at radius 3 is 2.77 bits per heavy atom. The number of aliphatic hydroxyl groups excluding tert-OH is 2. The van der Waals surface area contributed by atoms with Gasteiger partial charge in [-0.05, 0) is 30.4 Å². The van der Waals surface area contributed by atoms with Crippen molar-refractivity contribution in [3.05, 3.63) is 77.4 Å². The van der Waals surface area contributed by atoms with Crippen molar-refractivity contribution in [1.82, 2.24) is 5.32 Å². The van der Waals surface area contributed by atoms with E-state index in [9.17, 15) is 15.0 Å². The van der Waals surface area contributed by atoms with E-state index in [-0.39, 0.29) is 23.8 Å². The lowest BCUT2D eigenvalue weighted by Gasteiger charge is -2.18. The maximum absolute atomic E-state index is 12.3. The molecule has 2 aliphatic rings. The van der Waals surface area contributed by atoms with Crippen molar-refractivity contribution in [2.75, 3.05) is 0 Å². The van der Waals surface area contributed by atoms with Crippen molar-refractivity contribution in [2.45, 2.75) is 89.1 Å². The molecule has 0 aromatic heterocycles. The van der Waals surface area contributed by atoms with E-state index in [1.54, 1.807) is 0 Å². The molecule has 5 heteroatoms. The molecule has 4 rings (SSSR count). The lowest BCUT2D eigenvalue weighted by molar-refractivity contribution is -0.121. The van der Waals surface area contributed by atoms with Crippen LogP contribution in [0, 0.1) is 5.92 Å². The van der Waals surface area contributed by atoms with Gasteiger partial charge < -0.3 is 20.3 Å². The second-order valence-electron chi connectivity index (χ2n) is 9.96. The van der Waals surface area contributed by atoms with Gasteiger partial charge in [-0.1, -0.05) is 86.9 Å². The summed E-state index contributed by atoms with van der Waals surface area (Å²) in [5.74, 6) is 1.04. The van der Waals surface area contributed by atoms with E-state index in [0.717, 1.165) is 61.0 Å². The summed E-state index contributed by atoms with van der Waals surface area (Å²) in [6.07, 6.45) is 9.55. The normalized spacial score (nSPS) is 23.6. The van der Waals surface area contributed by atoms with Gasteiger partial charge in [0.1, 0.15) is 11.9 Å². The van der Waals surface area contributed by atoms with Crippen LogP contribution in [0.2, 0.25) is 0 Å². The highest BCUT2D eigenvalue weighted by atomic mass is 16.5. The van der Waals surface area contributed by atoms with E-state index in [4.69, 9.17) is 4.74 Å². The van der Waals surface area contributed by atoms with E-state index < -0.39 is 12.2 Å². The Bertz CT molecular complexity index is 989. The van der Waals surface area contributed by atoms with Gasteiger partial charge in [-0.2, -0.15) is 0 Å². The summed E-state index contributed by atoms with van der Waals surface area (Å²) in [6, 6.07) is 16.2. The van der Waals surface area contributed by atoms with Crippen molar-refractivity contribution in [1.29, 1.82) is 0 Å². The van der Waals surface area contributed by atoms with Crippen LogP contribution in [-0.4, -0.2) is 34.4 Å². The van der Waals surface area contributed by atoms with Gasteiger partial charge in [-0.3, -0.25) is 4.79 Å². The number of amides is 1. The molecule has 1 aliphatic carbocycles. The van der Waals surface area contributed by atoms with Crippen molar-refractivity contribution < 1.29 is 19.7 Å². The van der Waals surface area contributed by atoms with E-state index in [1.165, 1.54) is 0 Å². The first-order valence-corrected chi connectivity index (χ1v) is 13.2. The van der Waals surface area contributed by atoms with Crippen LogP contribution >= 0.6 is 0 Å². The Morgan fingerprint density at radius 1 is 1.14 bits per heavy atom. The molecule has 1 aliphatic heterocycles. The predicted octanol–water partition coefficient (Wildman–Crippen LogP) is 5.05. The van der Waals surface area contributed by atoms with E-state index in [1.807, 2.05) is 42.5 Å². The molecule has 2 aromatic rings. The van der Waals surface area contributed by atoms with Crippen LogP contribution in [0.15, 0.2) is 60.7 Å². The van der Waals surface area contributed by atoms with Gasteiger partial charge in [-0.25, -0.2) is 0 Å². The molecule has 2 aromatic carbocycles. The number of unbranched alkanes of at least 4 members (excludes halogenated alkanes) is 2. The summed E-state index contributed by atoms with van der Waals surface area (Å²) in [5, 5.41) is 24.0. The minimum absolute atomic E-state index is 0.0396. The SMILES string of the molecule is CCCCC[C@H](O)C=C[C@@H]1[C@H]2c3cccc(CCCC(=O)NCc4ccccc4)c3O[C@H]2C[C@H]1O. The van der Waals surface area contributed by atoms with Crippen LogP contribution in [0.1, 0.15) is 74.5 Å². The molecule has 0 spiro atoms. The Balaban J connectivity index is 1.33. The second kappa shape index (κ2) is 12.4. The fourth-order valence-electron chi connectivity index (χ4n) is 5.45. The van der Waals surface area contributed by atoms with Crippen LogP contribution < -0.4 is 10.1 Å². The molecule has 5 nitrogen and oxygen atoms in total. The van der Waals surface area contributed by atoms with Crippen molar-refractivity contribution in [3.63, 3.8) is 0 Å². The molecule has 0 unspecified atom stereocenters. The quantitative estimate of drug-likeness (QED) is 0.295. The monoisotopic (exact) mass is 477 g/mol. The fraction of sp³-hybridized carbons (Fsp3) is 0.500. The van der Waals surface area contributed by atoms with Crippen LogP contribution in [0.25, 0.3) is 0 Å². The minimum Gasteiger partial charge on any atom is -0.489 e. The molecular formula is C30H39NO4. The Morgan fingerprint density at radius 2 is 1.97 bits per heavy atom. The van der Waals surface area contributed by atoms with Gasteiger partial charge in [0.25, 0.3) is 0 Å². The highest BCUT2D eigenvalue weighted by Gasteiger charge is 2.48. The number of hydrogen-bond donors (Lipinski definition) is 3. The maximum atomic E-state index is 12.3. The number of aryl methyl sites for hydroxylation is 1. The van der Waals surface area contributed by atoms with Gasteiger partial charge in [0.2, 0.25) is 5.91 Å². The number of benzene rings is 2. The number of hydrogen-bond acceptors (Lipinski definition) is 4. The Hall–Kier alpha value is -2.63. The van der Waals surface area contributed by atoms with E-state index in [2.05, 4.69) is 30.4 Å². The number of carbonyl (C=O) groups is 1. The molecule has 1 saturated carbocycles. The first-order valence-electron chi connectivity index (χ1n) is 13.2. The van der Waals surface area contributed by atoms with Crippen molar-refractivity contribution in [2.24, 2.45) is 5.92 Å². The molecular weight excluding hydrogens is 438 g/mol. The molecule has 0 saturated heterocycles. The summed E-state index contributed by atoms with van der Waals surface area (Å²) in [4.78, 5) is 12.3. The second-order valence-corrected chi connectivity index (χ2v) is 9.96. The summed E-state index contributed by atoms with van der Waals surface area (Å²) >= 11 is 0. The largest absolute Gasteiger partial charge is 0.489 e. The first-order chi connectivity index (χ1) is 17.1. The number of ether oxygens (including phenoxy) is 1. The van der Waals surface area contributed by atoms with Crippen LogP contribution in [0.4, 0.5) is 0 Å². The zero-order valence-electron chi connectivity index (χ0n) is 20.7. The van der Waals surface area contributed by atoms with Gasteiger partial charge in [0.15, 0.2) is 0 Å². The van der Waals surface area contributed by atoms with E-state index in [0.29, 0.717) is 19.4 Å². The summed E-state index contributed by atoms with van der Waals surface area (Å²) in [6.45, 7) is 2.71. The molecule has 0 radical (unpaired) electrons. The molecule has 35 heavy (non-hydrogen) atoms. The predicted molar refractivity (Wildman–Crippen MR) is 138 cm³/mol. The van der Waals surface area contributed by atoms with Crippen LogP contribution in [0.5, 0.6) is 5.75 Å². The van der Waals surface area contributed by atoms with Gasteiger partial charge in [-0.15, -0.1) is 0 Å². The molecule has 3 N–H and O–H groups in total. The molecule has 1 fully saturated rings. The summed E-state index contributed by atoms with van der Waals surface area (Å²) in [5.41, 5.74) is 3.37. The topological polar surface area (TPSA) is 78.8 Å². The lowest BCUT2D eigenvalue weighted by atomic mass is 9.86. The van der Waals surface area contributed by atoms with Gasteiger partial charge >= 0.3 is 0 Å². The maximum Gasteiger partial charge on any atom is 0.220 e. The zero-order chi connectivity index (χ0) is 24.6. The lowest BCUT2D eigenvalue weighted by Crippen LogP contribution is -2.22. The average molecular weight is 478 g/mol. The molecule has 1 heterocycles. The number of fused-ring (bicyclic) bond motifs is 3. The molecule has 0 bridgehead atoms. The van der Waals surface area contributed by atoms with E-state index >= 15 is 0 Å². The first kappa shape index (κ1) is 25.5. The molecule has 1 amide bonds. The highest BCUT2D eigenvalue weighted by molar-refractivity contribution is 5.75. The molecule has 188 valence electrons. The number of aliphatic hydroxyl groups is 2. The average Bonchev–Trinajstić information content (AvgIpc) is 3.37. The van der Waals surface area contributed by atoms with Crippen molar-refractivity contribution in [3.8, 4) is 5.75 Å². The standard InChI is InChI=1S/C30H39NO4/c1-2-3-5-14-23(32)17-18-24-26(33)19-27-29(24)25-15-8-12-22(30(25)35-27)13-9-16-28(34)31-20-21-10-6-4-7-11-21/h4,6-8,10-12,15,17-18,23-24,26-27,29,32-33H,2-3,5,9,13-14,16,19-20H2,1H3,(H,31,34)/t23-,24-,26+,27-,29-/m0/s1.